The van der Waals surface area contributed by atoms with Crippen molar-refractivity contribution >= 4 is 5.82 Å². The van der Waals surface area contributed by atoms with Gasteiger partial charge in [-0.2, -0.15) is 0 Å². The van der Waals surface area contributed by atoms with Crippen molar-refractivity contribution in [2.75, 3.05) is 12.3 Å². The number of aromatic nitrogens is 1. The minimum Gasteiger partial charge on any atom is -0.489 e. The van der Waals surface area contributed by atoms with Crippen LogP contribution in [0.2, 0.25) is 0 Å². The summed E-state index contributed by atoms with van der Waals surface area (Å²) in [6, 6.07) is 3.68. The van der Waals surface area contributed by atoms with Crippen LogP contribution in [0.1, 0.15) is 26.7 Å². The Hall–Kier alpha value is -1.25. The maximum absolute atomic E-state index is 5.64. The van der Waals surface area contributed by atoms with E-state index < -0.39 is 0 Å². The van der Waals surface area contributed by atoms with Crippen molar-refractivity contribution < 1.29 is 4.74 Å². The number of hydrogen-bond donors (Lipinski definition) is 1. The van der Waals surface area contributed by atoms with Gasteiger partial charge in [0.25, 0.3) is 0 Å². The number of nitrogens with zero attached hydrogens (tertiary/aromatic N) is 1. The molecule has 1 heterocycles. The Morgan fingerprint density at radius 3 is 3.00 bits per heavy atom. The van der Waals surface area contributed by atoms with E-state index in [1.807, 2.05) is 12.1 Å². The number of ether oxygens (including phenoxy) is 1. The number of hydrogen-bond acceptors (Lipinski definition) is 3. The molecule has 0 fully saturated rings. The third kappa shape index (κ3) is 3.24. The van der Waals surface area contributed by atoms with Gasteiger partial charge in [0.1, 0.15) is 0 Å². The number of nitrogen functional groups attached to an aromatic ring is 1. The number of nitrogens with two attached hydrogens (primary N) is 1. The predicted molar refractivity (Wildman–Crippen MR) is 58.2 cm³/mol. The van der Waals surface area contributed by atoms with Gasteiger partial charge in [-0.05, 0) is 24.5 Å². The van der Waals surface area contributed by atoms with Gasteiger partial charge >= 0.3 is 0 Å². The number of rotatable bonds is 5. The minimum absolute atomic E-state index is 0.469. The van der Waals surface area contributed by atoms with E-state index in [0.29, 0.717) is 24.1 Å². The molecule has 2 N–H and O–H groups in total. The summed E-state index contributed by atoms with van der Waals surface area (Å²) in [6.45, 7) is 5.06. The molecule has 0 saturated carbocycles. The standard InChI is InChI=1S/C11H18N2O/c1-3-5-9(2)8-14-10-6-4-7-13-11(10)12/h4,6-7,9H,3,5,8H2,1-2H3,(H2,12,13). The zero-order chi connectivity index (χ0) is 10.4. The Morgan fingerprint density at radius 2 is 2.36 bits per heavy atom. The van der Waals surface area contributed by atoms with Gasteiger partial charge in [0.2, 0.25) is 0 Å². The van der Waals surface area contributed by atoms with E-state index in [1.54, 1.807) is 6.20 Å². The van der Waals surface area contributed by atoms with Gasteiger partial charge in [0, 0.05) is 6.20 Å². The van der Waals surface area contributed by atoms with Crippen LogP contribution in [0.5, 0.6) is 5.75 Å². The monoisotopic (exact) mass is 194 g/mol. The van der Waals surface area contributed by atoms with Crippen molar-refractivity contribution in [3.8, 4) is 5.75 Å². The Labute approximate surface area is 85.3 Å². The summed E-state index contributed by atoms with van der Waals surface area (Å²) in [6.07, 6.45) is 4.03. The van der Waals surface area contributed by atoms with Crippen molar-refractivity contribution in [1.82, 2.24) is 4.98 Å². The normalized spacial score (nSPS) is 12.4. The largest absolute Gasteiger partial charge is 0.489 e. The lowest BCUT2D eigenvalue weighted by Crippen LogP contribution is -2.09. The zero-order valence-electron chi connectivity index (χ0n) is 8.86. The fourth-order valence-electron chi connectivity index (χ4n) is 1.33. The molecule has 78 valence electrons. The molecule has 0 aliphatic heterocycles. The van der Waals surface area contributed by atoms with Crippen LogP contribution >= 0.6 is 0 Å². The number of anilines is 1. The highest BCUT2D eigenvalue weighted by molar-refractivity contribution is 5.44. The van der Waals surface area contributed by atoms with Crippen molar-refractivity contribution in [1.29, 1.82) is 0 Å². The lowest BCUT2D eigenvalue weighted by atomic mass is 10.1. The molecule has 0 saturated heterocycles. The van der Waals surface area contributed by atoms with E-state index in [2.05, 4.69) is 18.8 Å². The van der Waals surface area contributed by atoms with Crippen molar-refractivity contribution in [2.24, 2.45) is 5.92 Å². The topological polar surface area (TPSA) is 48.1 Å². The second-order valence-corrected chi connectivity index (χ2v) is 3.59. The van der Waals surface area contributed by atoms with Crippen molar-refractivity contribution in [3.63, 3.8) is 0 Å². The molecule has 0 bridgehead atoms. The molecule has 0 aliphatic carbocycles. The van der Waals surface area contributed by atoms with Gasteiger partial charge in [-0.15, -0.1) is 0 Å². The van der Waals surface area contributed by atoms with Gasteiger partial charge in [0.15, 0.2) is 11.6 Å². The molecule has 0 amide bonds. The molecule has 1 rings (SSSR count). The maximum atomic E-state index is 5.64. The average Bonchev–Trinajstić information content (AvgIpc) is 2.17. The molecule has 0 aliphatic rings. The molecule has 0 spiro atoms. The van der Waals surface area contributed by atoms with E-state index in [1.165, 1.54) is 12.8 Å². The van der Waals surface area contributed by atoms with Crippen molar-refractivity contribution in [2.45, 2.75) is 26.7 Å². The Kier molecular flexibility index (Phi) is 4.23. The minimum atomic E-state index is 0.469. The van der Waals surface area contributed by atoms with Gasteiger partial charge in [-0.1, -0.05) is 20.3 Å². The Bertz CT molecular complexity index is 276. The number of pyridine rings is 1. The van der Waals surface area contributed by atoms with E-state index in [0.717, 1.165) is 0 Å². The quantitative estimate of drug-likeness (QED) is 0.783. The smallest absolute Gasteiger partial charge is 0.166 e. The second-order valence-electron chi connectivity index (χ2n) is 3.59. The lowest BCUT2D eigenvalue weighted by Gasteiger charge is -2.12. The molecule has 1 unspecified atom stereocenters. The average molecular weight is 194 g/mol. The van der Waals surface area contributed by atoms with E-state index >= 15 is 0 Å². The molecule has 14 heavy (non-hydrogen) atoms. The molecule has 1 atom stereocenters. The Morgan fingerprint density at radius 1 is 1.57 bits per heavy atom. The molecular formula is C11H18N2O. The highest BCUT2D eigenvalue weighted by Crippen LogP contribution is 2.18. The van der Waals surface area contributed by atoms with Crippen LogP contribution in [-0.2, 0) is 0 Å². The summed E-state index contributed by atoms with van der Waals surface area (Å²) < 4.78 is 5.56. The van der Waals surface area contributed by atoms with Crippen LogP contribution in [-0.4, -0.2) is 11.6 Å². The SMILES string of the molecule is CCCC(C)COc1cccnc1N. The first-order valence-corrected chi connectivity index (χ1v) is 5.07. The third-order valence-corrected chi connectivity index (χ3v) is 2.10. The highest BCUT2D eigenvalue weighted by Gasteiger charge is 2.04. The fraction of sp³-hybridized carbons (Fsp3) is 0.545. The molecular weight excluding hydrogens is 176 g/mol. The van der Waals surface area contributed by atoms with Crippen LogP contribution in [0.15, 0.2) is 18.3 Å². The summed E-state index contributed by atoms with van der Waals surface area (Å²) in [5, 5.41) is 0. The van der Waals surface area contributed by atoms with Crippen LogP contribution in [0.3, 0.4) is 0 Å². The first kappa shape index (κ1) is 10.8. The first-order chi connectivity index (χ1) is 6.74. The maximum Gasteiger partial charge on any atom is 0.166 e. The van der Waals surface area contributed by atoms with E-state index in [-0.39, 0.29) is 0 Å². The second kappa shape index (κ2) is 5.47. The van der Waals surface area contributed by atoms with Crippen LogP contribution in [0, 0.1) is 5.92 Å². The summed E-state index contributed by atoms with van der Waals surface area (Å²) >= 11 is 0. The molecule has 3 heteroatoms. The van der Waals surface area contributed by atoms with Crippen LogP contribution in [0.25, 0.3) is 0 Å². The molecule has 0 radical (unpaired) electrons. The predicted octanol–water partition coefficient (Wildman–Crippen LogP) is 2.48. The van der Waals surface area contributed by atoms with Crippen LogP contribution < -0.4 is 10.5 Å². The van der Waals surface area contributed by atoms with E-state index in [4.69, 9.17) is 10.5 Å². The summed E-state index contributed by atoms with van der Waals surface area (Å²) in [5.74, 6) is 1.73. The highest BCUT2D eigenvalue weighted by atomic mass is 16.5. The van der Waals surface area contributed by atoms with Gasteiger partial charge in [-0.25, -0.2) is 4.98 Å². The molecule has 0 aromatic carbocycles. The third-order valence-electron chi connectivity index (χ3n) is 2.10. The Balaban J connectivity index is 2.41. The summed E-state index contributed by atoms with van der Waals surface area (Å²) in [4.78, 5) is 3.96. The molecule has 1 aromatic rings. The van der Waals surface area contributed by atoms with Crippen molar-refractivity contribution in [3.05, 3.63) is 18.3 Å². The van der Waals surface area contributed by atoms with Gasteiger partial charge in [0.05, 0.1) is 6.61 Å². The van der Waals surface area contributed by atoms with E-state index in [9.17, 15) is 0 Å². The zero-order valence-corrected chi connectivity index (χ0v) is 8.86. The lowest BCUT2D eigenvalue weighted by molar-refractivity contribution is 0.252. The van der Waals surface area contributed by atoms with Gasteiger partial charge in [-0.3, -0.25) is 0 Å². The van der Waals surface area contributed by atoms with Gasteiger partial charge < -0.3 is 10.5 Å². The molecule has 1 aromatic heterocycles. The fourth-order valence-corrected chi connectivity index (χ4v) is 1.33. The first-order valence-electron chi connectivity index (χ1n) is 5.07. The summed E-state index contributed by atoms with van der Waals surface area (Å²) in [5.41, 5.74) is 5.64. The summed E-state index contributed by atoms with van der Waals surface area (Å²) in [7, 11) is 0. The molecule has 3 nitrogen and oxygen atoms in total. The van der Waals surface area contributed by atoms with Crippen LogP contribution in [0.4, 0.5) is 5.82 Å².